The number of benzene rings is 1. The van der Waals surface area contributed by atoms with Gasteiger partial charge in [-0.2, -0.15) is 0 Å². The Bertz CT molecular complexity index is 1220. The molecule has 1 N–H and O–H groups in total. The molecule has 3 aromatic heterocycles. The lowest BCUT2D eigenvalue weighted by atomic mass is 9.87. The van der Waals surface area contributed by atoms with Crippen molar-refractivity contribution in [2.24, 2.45) is 0 Å². The predicted molar refractivity (Wildman–Crippen MR) is 133 cm³/mol. The molecule has 0 radical (unpaired) electrons. The van der Waals surface area contributed by atoms with E-state index in [4.69, 9.17) is 0 Å². The molecule has 0 bridgehead atoms. The van der Waals surface area contributed by atoms with Crippen molar-refractivity contribution in [2.75, 3.05) is 30.4 Å². The number of nitrogens with zero attached hydrogens (tertiary/aromatic N) is 5. The van der Waals surface area contributed by atoms with Crippen LogP contribution >= 0.6 is 0 Å². The number of pyridine rings is 3. The summed E-state index contributed by atoms with van der Waals surface area (Å²) >= 11 is 0. The monoisotopic (exact) mass is 450 g/mol. The summed E-state index contributed by atoms with van der Waals surface area (Å²) in [7, 11) is 1.82. The fraction of sp³-hybridized carbons (Fsp3) is 0.185. The second kappa shape index (κ2) is 9.70. The summed E-state index contributed by atoms with van der Waals surface area (Å²) in [6.45, 7) is 1.41. The molecule has 1 aromatic carbocycles. The second-order valence-corrected chi connectivity index (χ2v) is 8.37. The SMILES string of the molecule is CN1CCN(c2cccc(Nc3ncccc3CC(c3cccnc3)c3cccnc3)c2)C1=O. The van der Waals surface area contributed by atoms with Gasteiger partial charge in [-0.25, -0.2) is 9.78 Å². The normalized spacial score (nSPS) is 13.5. The quantitative estimate of drug-likeness (QED) is 0.435. The summed E-state index contributed by atoms with van der Waals surface area (Å²) in [5.41, 5.74) is 5.11. The lowest BCUT2D eigenvalue weighted by molar-refractivity contribution is 0.229. The molecule has 4 heterocycles. The largest absolute Gasteiger partial charge is 0.340 e. The maximum Gasteiger partial charge on any atom is 0.324 e. The number of carbonyl (C=O) groups excluding carboxylic acids is 1. The second-order valence-electron chi connectivity index (χ2n) is 8.37. The molecule has 4 aromatic rings. The first-order valence-electron chi connectivity index (χ1n) is 11.3. The molecule has 1 saturated heterocycles. The molecule has 0 aliphatic carbocycles. The van der Waals surface area contributed by atoms with Crippen LogP contribution in [0.5, 0.6) is 0 Å². The molecule has 34 heavy (non-hydrogen) atoms. The van der Waals surface area contributed by atoms with E-state index in [-0.39, 0.29) is 11.9 Å². The molecule has 5 rings (SSSR count). The number of hydrogen-bond donors (Lipinski definition) is 1. The molecule has 170 valence electrons. The van der Waals surface area contributed by atoms with Gasteiger partial charge in [0.2, 0.25) is 0 Å². The van der Waals surface area contributed by atoms with Crippen molar-refractivity contribution >= 4 is 23.2 Å². The summed E-state index contributed by atoms with van der Waals surface area (Å²) in [6, 6.07) is 20.1. The molecule has 1 aliphatic rings. The summed E-state index contributed by atoms with van der Waals surface area (Å²) in [6.07, 6.45) is 9.93. The van der Waals surface area contributed by atoms with Gasteiger partial charge in [-0.05, 0) is 59.5 Å². The van der Waals surface area contributed by atoms with Gasteiger partial charge in [0, 0.05) is 68.4 Å². The number of nitrogens with one attached hydrogen (secondary N) is 1. The Morgan fingerprint density at radius 3 is 2.29 bits per heavy atom. The third-order valence-corrected chi connectivity index (χ3v) is 6.13. The highest BCUT2D eigenvalue weighted by atomic mass is 16.2. The molecule has 1 aliphatic heterocycles. The smallest absolute Gasteiger partial charge is 0.324 e. The Balaban J connectivity index is 1.43. The number of amides is 2. The van der Waals surface area contributed by atoms with Crippen molar-refractivity contribution in [3.63, 3.8) is 0 Å². The minimum atomic E-state index is 0.0199. The van der Waals surface area contributed by atoms with Crippen LogP contribution in [0.3, 0.4) is 0 Å². The van der Waals surface area contributed by atoms with Crippen LogP contribution < -0.4 is 10.2 Å². The lowest BCUT2D eigenvalue weighted by Crippen LogP contribution is -2.29. The summed E-state index contributed by atoms with van der Waals surface area (Å²) in [5, 5.41) is 3.48. The number of urea groups is 1. The molecule has 2 amide bonds. The highest BCUT2D eigenvalue weighted by Crippen LogP contribution is 2.31. The van der Waals surface area contributed by atoms with Gasteiger partial charge in [0.15, 0.2) is 0 Å². The van der Waals surface area contributed by atoms with E-state index in [0.717, 1.165) is 46.8 Å². The van der Waals surface area contributed by atoms with Crippen LogP contribution in [-0.2, 0) is 6.42 Å². The van der Waals surface area contributed by atoms with Crippen LogP contribution in [0, 0.1) is 0 Å². The number of carbonyl (C=O) groups is 1. The summed E-state index contributed by atoms with van der Waals surface area (Å²) < 4.78 is 0. The first-order valence-corrected chi connectivity index (χ1v) is 11.3. The minimum Gasteiger partial charge on any atom is -0.340 e. The van der Waals surface area contributed by atoms with E-state index >= 15 is 0 Å². The third-order valence-electron chi connectivity index (χ3n) is 6.13. The Labute approximate surface area is 199 Å². The van der Waals surface area contributed by atoms with Crippen LogP contribution in [-0.4, -0.2) is 46.0 Å². The number of likely N-dealkylation sites (N-methyl/N-ethyl adjacent to an activating group) is 1. The van der Waals surface area contributed by atoms with Gasteiger partial charge in [0.1, 0.15) is 5.82 Å². The third kappa shape index (κ3) is 4.59. The summed E-state index contributed by atoms with van der Waals surface area (Å²) in [5.74, 6) is 0.888. The molecule has 0 saturated carbocycles. The van der Waals surface area contributed by atoms with E-state index < -0.39 is 0 Å². The van der Waals surface area contributed by atoms with E-state index in [0.29, 0.717) is 6.54 Å². The Kier molecular flexibility index (Phi) is 6.16. The minimum absolute atomic E-state index is 0.0199. The standard InChI is InChI=1S/C27H26N6O/c1-32-14-15-33(27(32)34)24-10-2-9-23(17-24)31-26-20(6-5-13-30-26)16-25(21-7-3-11-28-18-21)22-8-4-12-29-19-22/h2-13,17-19,25H,14-16H2,1H3,(H,30,31). The Morgan fingerprint density at radius 2 is 1.65 bits per heavy atom. The topological polar surface area (TPSA) is 74.2 Å². The lowest BCUT2D eigenvalue weighted by Gasteiger charge is -2.20. The van der Waals surface area contributed by atoms with Gasteiger partial charge in [-0.15, -0.1) is 0 Å². The average molecular weight is 451 g/mol. The number of aromatic nitrogens is 3. The van der Waals surface area contributed by atoms with Gasteiger partial charge in [-0.3, -0.25) is 14.9 Å². The van der Waals surface area contributed by atoms with E-state index in [1.54, 1.807) is 28.4 Å². The van der Waals surface area contributed by atoms with Crippen LogP contribution in [0.1, 0.15) is 22.6 Å². The maximum atomic E-state index is 12.4. The van der Waals surface area contributed by atoms with Crippen LogP contribution in [0.25, 0.3) is 0 Å². The number of anilines is 3. The first-order chi connectivity index (χ1) is 16.7. The van der Waals surface area contributed by atoms with Crippen molar-refractivity contribution in [3.05, 3.63) is 108 Å². The zero-order chi connectivity index (χ0) is 23.3. The van der Waals surface area contributed by atoms with Crippen molar-refractivity contribution in [1.82, 2.24) is 19.9 Å². The zero-order valence-electron chi connectivity index (χ0n) is 19.0. The Morgan fingerprint density at radius 1 is 0.912 bits per heavy atom. The highest BCUT2D eigenvalue weighted by molar-refractivity contribution is 5.94. The van der Waals surface area contributed by atoms with Gasteiger partial charge >= 0.3 is 6.03 Å². The van der Waals surface area contributed by atoms with Crippen LogP contribution in [0.15, 0.2) is 91.6 Å². The van der Waals surface area contributed by atoms with Crippen molar-refractivity contribution in [3.8, 4) is 0 Å². The van der Waals surface area contributed by atoms with E-state index in [9.17, 15) is 4.79 Å². The molecular formula is C27H26N6O. The van der Waals surface area contributed by atoms with E-state index in [2.05, 4.69) is 38.5 Å². The van der Waals surface area contributed by atoms with Crippen molar-refractivity contribution < 1.29 is 4.79 Å². The van der Waals surface area contributed by atoms with Gasteiger partial charge < -0.3 is 10.2 Å². The first kappa shape index (κ1) is 21.6. The molecule has 0 spiro atoms. The van der Waals surface area contributed by atoms with Gasteiger partial charge in [0.05, 0.1) is 0 Å². The van der Waals surface area contributed by atoms with E-state index in [1.165, 1.54) is 0 Å². The van der Waals surface area contributed by atoms with E-state index in [1.807, 2.05) is 61.9 Å². The number of hydrogen-bond acceptors (Lipinski definition) is 5. The van der Waals surface area contributed by atoms with Crippen LogP contribution in [0.2, 0.25) is 0 Å². The molecule has 0 unspecified atom stereocenters. The molecule has 7 nitrogen and oxygen atoms in total. The zero-order valence-corrected chi connectivity index (χ0v) is 19.0. The maximum absolute atomic E-state index is 12.4. The fourth-order valence-corrected chi connectivity index (χ4v) is 4.30. The van der Waals surface area contributed by atoms with Crippen LogP contribution in [0.4, 0.5) is 22.0 Å². The summed E-state index contributed by atoms with van der Waals surface area (Å²) in [4.78, 5) is 29.3. The highest BCUT2D eigenvalue weighted by Gasteiger charge is 2.26. The molecule has 1 fully saturated rings. The van der Waals surface area contributed by atoms with Gasteiger partial charge in [-0.1, -0.05) is 24.3 Å². The average Bonchev–Trinajstić information content (AvgIpc) is 3.22. The predicted octanol–water partition coefficient (Wildman–Crippen LogP) is 4.86. The van der Waals surface area contributed by atoms with Crippen molar-refractivity contribution in [1.29, 1.82) is 0 Å². The molecule has 7 heteroatoms. The fourth-order valence-electron chi connectivity index (χ4n) is 4.30. The molecule has 0 atom stereocenters. The number of rotatable bonds is 7. The van der Waals surface area contributed by atoms with Crippen molar-refractivity contribution in [2.45, 2.75) is 12.3 Å². The van der Waals surface area contributed by atoms with Gasteiger partial charge in [0.25, 0.3) is 0 Å². The Hall–Kier alpha value is -4.26. The molecular weight excluding hydrogens is 424 g/mol.